The Morgan fingerprint density at radius 1 is 1.26 bits per heavy atom. The van der Waals surface area contributed by atoms with Crippen molar-refractivity contribution in [1.29, 1.82) is 0 Å². The van der Waals surface area contributed by atoms with E-state index in [-0.39, 0.29) is 18.0 Å². The van der Waals surface area contributed by atoms with Crippen LogP contribution < -0.4 is 10.0 Å². The Balaban J connectivity index is 2.75. The molecule has 1 aromatic carbocycles. The van der Waals surface area contributed by atoms with Crippen LogP contribution in [0.2, 0.25) is 0 Å². The number of nitrogens with two attached hydrogens (primary N) is 1. The van der Waals surface area contributed by atoms with Crippen LogP contribution in [-0.2, 0) is 10.3 Å². The van der Waals surface area contributed by atoms with Crippen LogP contribution in [0.4, 0.5) is 11.4 Å². The molecule has 0 saturated carbocycles. The van der Waals surface area contributed by atoms with Gasteiger partial charge in [0.25, 0.3) is 0 Å². The summed E-state index contributed by atoms with van der Waals surface area (Å²) in [4.78, 5) is 0. The highest BCUT2D eigenvalue weighted by molar-refractivity contribution is 8.03. The number of hydrogen-bond acceptors (Lipinski definition) is 7. The van der Waals surface area contributed by atoms with Crippen LogP contribution in [0.3, 0.4) is 0 Å². The predicted octanol–water partition coefficient (Wildman–Crippen LogP) is 0.964. The van der Waals surface area contributed by atoms with E-state index in [1.807, 2.05) is 0 Å². The minimum Gasteiger partial charge on any atom is -0.399 e. The standard InChI is InChI=1S/C13H22N2O5S3/c1-10-8-11(14)2-3-12(10)15(23(18,19)20)13(17)9-22-7-6-21-5-4-16/h2-3,8,13,16-17H,4-7,9,14H2,1H3,(H,18,19,20). The second-order valence-electron chi connectivity index (χ2n) is 4.71. The van der Waals surface area contributed by atoms with Crippen LogP contribution in [0, 0.1) is 6.92 Å². The van der Waals surface area contributed by atoms with Crippen LogP contribution >= 0.6 is 23.5 Å². The van der Waals surface area contributed by atoms with Crippen LogP contribution in [-0.4, -0.2) is 59.0 Å². The molecule has 0 aliphatic heterocycles. The van der Waals surface area contributed by atoms with E-state index in [0.717, 1.165) is 5.75 Å². The number of nitrogens with zero attached hydrogens (tertiary/aromatic N) is 1. The van der Waals surface area contributed by atoms with Gasteiger partial charge in [-0.3, -0.25) is 4.55 Å². The van der Waals surface area contributed by atoms with Crippen LogP contribution in [0.15, 0.2) is 18.2 Å². The molecule has 0 fully saturated rings. The first-order valence-corrected chi connectivity index (χ1v) is 10.6. The van der Waals surface area contributed by atoms with Gasteiger partial charge in [-0.05, 0) is 30.7 Å². The molecule has 23 heavy (non-hydrogen) atoms. The van der Waals surface area contributed by atoms with Crippen molar-refractivity contribution in [2.45, 2.75) is 13.2 Å². The summed E-state index contributed by atoms with van der Waals surface area (Å²) < 4.78 is 33.3. The molecule has 5 N–H and O–H groups in total. The number of aryl methyl sites for hydroxylation is 1. The van der Waals surface area contributed by atoms with Crippen molar-refractivity contribution >= 4 is 45.2 Å². The number of benzene rings is 1. The summed E-state index contributed by atoms with van der Waals surface area (Å²) in [5, 5.41) is 18.8. The quantitative estimate of drug-likeness (QED) is 0.204. The highest BCUT2D eigenvalue weighted by Gasteiger charge is 2.28. The fraction of sp³-hybridized carbons (Fsp3) is 0.538. The van der Waals surface area contributed by atoms with Gasteiger partial charge >= 0.3 is 10.3 Å². The first kappa shape index (κ1) is 20.4. The van der Waals surface area contributed by atoms with Crippen LogP contribution in [0.25, 0.3) is 0 Å². The maximum atomic E-state index is 11.6. The molecule has 0 spiro atoms. The Kier molecular flexibility index (Phi) is 8.51. The molecule has 1 atom stereocenters. The number of hydrogen-bond donors (Lipinski definition) is 4. The van der Waals surface area contributed by atoms with Gasteiger partial charge in [-0.25, -0.2) is 4.31 Å². The smallest absolute Gasteiger partial charge is 0.362 e. The number of rotatable bonds is 10. The third-order valence-electron chi connectivity index (χ3n) is 2.85. The molecule has 0 heterocycles. The lowest BCUT2D eigenvalue weighted by Crippen LogP contribution is -2.42. The lowest BCUT2D eigenvalue weighted by Gasteiger charge is -2.27. The van der Waals surface area contributed by atoms with E-state index in [2.05, 4.69) is 0 Å². The van der Waals surface area contributed by atoms with Crippen molar-refractivity contribution in [3.05, 3.63) is 23.8 Å². The maximum absolute atomic E-state index is 11.6. The van der Waals surface area contributed by atoms with E-state index >= 15 is 0 Å². The van der Waals surface area contributed by atoms with E-state index in [4.69, 9.17) is 10.8 Å². The van der Waals surface area contributed by atoms with Gasteiger partial charge in [0.1, 0.15) is 0 Å². The van der Waals surface area contributed by atoms with E-state index in [1.54, 1.807) is 24.8 Å². The number of aliphatic hydroxyl groups excluding tert-OH is 2. The largest absolute Gasteiger partial charge is 0.399 e. The normalized spacial score (nSPS) is 13.0. The fourth-order valence-corrected chi connectivity index (χ4v) is 4.64. The maximum Gasteiger partial charge on any atom is 0.362 e. The molecule has 0 amide bonds. The van der Waals surface area contributed by atoms with Crippen molar-refractivity contribution in [2.75, 3.05) is 39.7 Å². The summed E-state index contributed by atoms with van der Waals surface area (Å²) >= 11 is 2.94. The van der Waals surface area contributed by atoms with Gasteiger partial charge in [-0.2, -0.15) is 31.9 Å². The molecular formula is C13H22N2O5S3. The average molecular weight is 383 g/mol. The van der Waals surface area contributed by atoms with Gasteiger partial charge in [-0.15, -0.1) is 0 Å². The number of nitrogen functional groups attached to an aromatic ring is 1. The first-order chi connectivity index (χ1) is 10.8. The summed E-state index contributed by atoms with van der Waals surface area (Å²) in [7, 11) is -4.61. The van der Waals surface area contributed by atoms with Gasteiger partial charge in [-0.1, -0.05) is 0 Å². The molecule has 1 unspecified atom stereocenters. The van der Waals surface area contributed by atoms with Gasteiger partial charge in [0.05, 0.1) is 12.3 Å². The van der Waals surface area contributed by atoms with E-state index in [0.29, 0.717) is 27.1 Å². The summed E-state index contributed by atoms with van der Waals surface area (Å²) in [6.07, 6.45) is -1.39. The third-order valence-corrected chi connectivity index (χ3v) is 6.04. The topological polar surface area (TPSA) is 124 Å². The van der Waals surface area contributed by atoms with E-state index in [1.165, 1.54) is 23.9 Å². The van der Waals surface area contributed by atoms with Gasteiger partial charge < -0.3 is 15.9 Å². The van der Waals surface area contributed by atoms with Gasteiger partial charge in [0.2, 0.25) is 0 Å². The number of thioether (sulfide) groups is 2. The molecular weight excluding hydrogens is 360 g/mol. The van der Waals surface area contributed by atoms with E-state index in [9.17, 15) is 18.1 Å². The molecule has 1 aromatic rings. The van der Waals surface area contributed by atoms with Crippen molar-refractivity contribution in [3.8, 4) is 0 Å². The summed E-state index contributed by atoms with van der Waals surface area (Å²) in [6, 6.07) is 4.52. The Labute approximate surface area is 145 Å². The average Bonchev–Trinajstić information content (AvgIpc) is 2.44. The van der Waals surface area contributed by atoms with Crippen molar-refractivity contribution in [2.24, 2.45) is 0 Å². The highest BCUT2D eigenvalue weighted by Crippen LogP contribution is 2.27. The van der Waals surface area contributed by atoms with Crippen molar-refractivity contribution in [1.82, 2.24) is 0 Å². The molecule has 0 saturated heterocycles. The third kappa shape index (κ3) is 6.77. The fourth-order valence-electron chi connectivity index (χ4n) is 1.91. The van der Waals surface area contributed by atoms with Crippen LogP contribution in [0.1, 0.15) is 5.56 Å². The molecule has 0 aliphatic rings. The lowest BCUT2D eigenvalue weighted by atomic mass is 10.2. The van der Waals surface area contributed by atoms with E-state index < -0.39 is 16.5 Å². The van der Waals surface area contributed by atoms with Gasteiger partial charge in [0, 0.05) is 28.7 Å². The van der Waals surface area contributed by atoms with Crippen LogP contribution in [0.5, 0.6) is 0 Å². The summed E-state index contributed by atoms with van der Waals surface area (Å²) in [5.41, 5.74) is 6.82. The monoisotopic (exact) mass is 382 g/mol. The first-order valence-electron chi connectivity index (χ1n) is 6.84. The number of anilines is 2. The Morgan fingerprint density at radius 2 is 1.91 bits per heavy atom. The zero-order valence-electron chi connectivity index (χ0n) is 12.8. The molecule has 10 heteroatoms. The summed E-state index contributed by atoms with van der Waals surface area (Å²) in [5.74, 6) is 2.24. The predicted molar refractivity (Wildman–Crippen MR) is 97.4 cm³/mol. The molecule has 0 aliphatic carbocycles. The Morgan fingerprint density at radius 3 is 2.48 bits per heavy atom. The van der Waals surface area contributed by atoms with Crippen molar-refractivity contribution in [3.63, 3.8) is 0 Å². The second-order valence-corrected chi connectivity index (χ2v) is 8.37. The minimum atomic E-state index is -4.61. The SMILES string of the molecule is Cc1cc(N)ccc1N(C(O)CSCCSCCO)S(=O)(=O)O. The Bertz CT molecular complexity index is 597. The lowest BCUT2D eigenvalue weighted by molar-refractivity contribution is 0.208. The second kappa shape index (κ2) is 9.60. The molecule has 1 rings (SSSR count). The minimum absolute atomic E-state index is 0.114. The highest BCUT2D eigenvalue weighted by atomic mass is 32.2. The summed E-state index contributed by atoms with van der Waals surface area (Å²) in [6.45, 7) is 1.76. The number of aliphatic hydroxyl groups is 2. The zero-order valence-corrected chi connectivity index (χ0v) is 15.2. The van der Waals surface area contributed by atoms with Gasteiger partial charge in [0.15, 0.2) is 6.23 Å². The Hall–Kier alpha value is -0.650. The molecule has 0 radical (unpaired) electrons. The molecule has 0 bridgehead atoms. The molecule has 0 aromatic heterocycles. The van der Waals surface area contributed by atoms with Crippen molar-refractivity contribution < 1.29 is 23.2 Å². The molecule has 7 nitrogen and oxygen atoms in total. The zero-order chi connectivity index (χ0) is 17.5. The molecule has 132 valence electrons.